The van der Waals surface area contributed by atoms with Gasteiger partial charge in [-0.05, 0) is 12.1 Å². The molecule has 1 aromatic heterocycles. The van der Waals surface area contributed by atoms with Crippen molar-refractivity contribution in [2.24, 2.45) is 5.73 Å². The normalized spacial score (nSPS) is 11.5. The van der Waals surface area contributed by atoms with Gasteiger partial charge in [0.1, 0.15) is 15.7 Å². The van der Waals surface area contributed by atoms with E-state index < -0.39 is 16.0 Å². The first-order chi connectivity index (χ1) is 8.82. The summed E-state index contributed by atoms with van der Waals surface area (Å²) in [5.41, 5.74) is 5.44. The molecule has 1 heterocycles. The first-order valence-electron chi connectivity index (χ1n) is 5.29. The van der Waals surface area contributed by atoms with Gasteiger partial charge in [-0.25, -0.2) is 8.42 Å². The predicted octanol–water partition coefficient (Wildman–Crippen LogP) is 0.566. The number of sulfonamides is 1. The number of nitrogens with two attached hydrogens (primary N) is 1. The zero-order valence-electron chi connectivity index (χ0n) is 10.5. The minimum absolute atomic E-state index is 0.0982. The summed E-state index contributed by atoms with van der Waals surface area (Å²) in [5.74, 6) is -0.614. The van der Waals surface area contributed by atoms with E-state index in [1.54, 1.807) is 13.0 Å². The van der Waals surface area contributed by atoms with Gasteiger partial charge in [0.25, 0.3) is 10.0 Å². The molecular weight excluding hydrogens is 308 g/mol. The van der Waals surface area contributed by atoms with Crippen molar-refractivity contribution >= 4 is 44.5 Å². The van der Waals surface area contributed by atoms with Gasteiger partial charge in [-0.3, -0.25) is 4.79 Å². The number of carbonyl (C=O) groups is 1. The van der Waals surface area contributed by atoms with E-state index >= 15 is 0 Å². The summed E-state index contributed by atoms with van der Waals surface area (Å²) in [6.07, 6.45) is 0. The second-order valence-electron chi connectivity index (χ2n) is 3.49. The van der Waals surface area contributed by atoms with E-state index in [9.17, 15) is 13.2 Å². The van der Waals surface area contributed by atoms with E-state index in [1.165, 1.54) is 13.2 Å². The molecule has 19 heavy (non-hydrogen) atoms. The topological polar surface area (TPSA) is 89.7 Å². The molecule has 0 atom stereocenters. The van der Waals surface area contributed by atoms with Crippen LogP contribution in [0.2, 0.25) is 0 Å². The molecule has 0 radical (unpaired) electrons. The van der Waals surface area contributed by atoms with Crippen molar-refractivity contribution in [3.63, 3.8) is 0 Å². The molecule has 0 saturated carbocycles. The Bertz CT molecular complexity index is 579. The molecule has 0 fully saturated rings. The number of likely N-dealkylation sites (N-methyl/N-ethyl adjacent to an activating group) is 1. The third-order valence-corrected chi connectivity index (χ3v) is 6.16. The fraction of sp³-hybridized carbons (Fsp3) is 0.400. The van der Waals surface area contributed by atoms with Gasteiger partial charge in [0, 0.05) is 6.54 Å². The Labute approximate surface area is 121 Å². The van der Waals surface area contributed by atoms with Crippen molar-refractivity contribution < 1.29 is 17.9 Å². The Morgan fingerprint density at radius 1 is 1.53 bits per heavy atom. The van der Waals surface area contributed by atoms with Crippen LogP contribution >= 0.6 is 23.6 Å². The molecule has 0 unspecified atom stereocenters. The van der Waals surface area contributed by atoms with Crippen LogP contribution in [0.25, 0.3) is 0 Å². The highest BCUT2D eigenvalue weighted by atomic mass is 32.2. The van der Waals surface area contributed by atoms with Gasteiger partial charge in [0.05, 0.1) is 12.0 Å². The first kappa shape index (κ1) is 16.0. The largest absolute Gasteiger partial charge is 0.468 e. The van der Waals surface area contributed by atoms with E-state index in [0.717, 1.165) is 15.6 Å². The zero-order chi connectivity index (χ0) is 14.6. The Balaban J connectivity index is 3.06. The predicted molar refractivity (Wildman–Crippen MR) is 76.7 cm³/mol. The van der Waals surface area contributed by atoms with Gasteiger partial charge in [0.2, 0.25) is 0 Å². The fourth-order valence-electron chi connectivity index (χ4n) is 1.29. The molecule has 0 aliphatic rings. The van der Waals surface area contributed by atoms with Gasteiger partial charge in [-0.15, -0.1) is 11.3 Å². The molecule has 1 rings (SSSR count). The van der Waals surface area contributed by atoms with E-state index in [2.05, 4.69) is 4.74 Å². The number of hydrogen-bond donors (Lipinski definition) is 1. The summed E-state index contributed by atoms with van der Waals surface area (Å²) in [7, 11) is -2.53. The summed E-state index contributed by atoms with van der Waals surface area (Å²) < 4.78 is 30.2. The maximum atomic E-state index is 12.3. The number of thiophene rings is 1. The summed E-state index contributed by atoms with van der Waals surface area (Å²) in [5, 5.41) is 0. The maximum Gasteiger partial charge on any atom is 0.321 e. The zero-order valence-corrected chi connectivity index (χ0v) is 12.9. The number of esters is 1. The molecule has 6 nitrogen and oxygen atoms in total. The average molecular weight is 322 g/mol. The van der Waals surface area contributed by atoms with Crippen LogP contribution in [0.1, 0.15) is 11.8 Å². The Kier molecular flexibility index (Phi) is 5.41. The van der Waals surface area contributed by atoms with Crippen molar-refractivity contribution in [3.8, 4) is 0 Å². The van der Waals surface area contributed by atoms with E-state index in [0.29, 0.717) is 4.88 Å². The number of thiocarbonyl (C=S) groups is 1. The van der Waals surface area contributed by atoms with Crippen LogP contribution in [0, 0.1) is 0 Å². The minimum atomic E-state index is -3.73. The number of hydrogen-bond acceptors (Lipinski definition) is 6. The molecule has 0 saturated heterocycles. The summed E-state index contributed by atoms with van der Waals surface area (Å²) in [6.45, 7) is 1.48. The minimum Gasteiger partial charge on any atom is -0.468 e. The highest BCUT2D eigenvalue weighted by molar-refractivity contribution is 7.91. The lowest BCUT2D eigenvalue weighted by atomic mass is 10.5. The molecule has 1 aromatic rings. The van der Waals surface area contributed by atoms with Gasteiger partial charge in [-0.2, -0.15) is 4.31 Å². The van der Waals surface area contributed by atoms with E-state index in [1.807, 2.05) is 0 Å². The lowest BCUT2D eigenvalue weighted by molar-refractivity contribution is -0.140. The monoisotopic (exact) mass is 322 g/mol. The SMILES string of the molecule is CCN(CC(=O)OC)S(=O)(=O)c1ccc(C(N)=S)s1. The Morgan fingerprint density at radius 3 is 2.58 bits per heavy atom. The summed E-state index contributed by atoms with van der Waals surface area (Å²) in [4.78, 5) is 11.9. The Morgan fingerprint density at radius 2 is 2.16 bits per heavy atom. The molecule has 106 valence electrons. The molecule has 0 amide bonds. The van der Waals surface area contributed by atoms with Gasteiger partial charge < -0.3 is 10.5 Å². The molecule has 0 bridgehead atoms. The number of methoxy groups -OCH3 is 1. The molecule has 0 aliphatic carbocycles. The van der Waals surface area contributed by atoms with E-state index in [4.69, 9.17) is 18.0 Å². The molecule has 2 N–H and O–H groups in total. The number of nitrogens with zero attached hydrogens (tertiary/aromatic N) is 1. The van der Waals surface area contributed by atoms with Crippen molar-refractivity contribution in [1.29, 1.82) is 0 Å². The number of rotatable bonds is 6. The van der Waals surface area contributed by atoms with Gasteiger partial charge >= 0.3 is 5.97 Å². The quantitative estimate of drug-likeness (QED) is 0.608. The number of ether oxygens (including phenoxy) is 1. The van der Waals surface area contributed by atoms with Crippen LogP contribution in [-0.4, -0.2) is 43.9 Å². The van der Waals surface area contributed by atoms with Crippen LogP contribution in [0.3, 0.4) is 0 Å². The maximum absolute atomic E-state index is 12.3. The first-order valence-corrected chi connectivity index (χ1v) is 7.96. The molecule has 0 spiro atoms. The average Bonchev–Trinajstić information content (AvgIpc) is 2.85. The summed E-state index contributed by atoms with van der Waals surface area (Å²) in [6, 6.07) is 2.97. The van der Waals surface area contributed by atoms with Crippen molar-refractivity contribution in [2.75, 3.05) is 20.2 Å². The van der Waals surface area contributed by atoms with E-state index in [-0.39, 0.29) is 22.3 Å². The molecular formula is C10H14N2O4S3. The second-order valence-corrected chi connectivity index (χ2v) is 7.18. The van der Waals surface area contributed by atoms with Crippen molar-refractivity contribution in [3.05, 3.63) is 17.0 Å². The highest BCUT2D eigenvalue weighted by Crippen LogP contribution is 2.24. The highest BCUT2D eigenvalue weighted by Gasteiger charge is 2.27. The smallest absolute Gasteiger partial charge is 0.321 e. The van der Waals surface area contributed by atoms with Crippen LogP contribution in [0.4, 0.5) is 0 Å². The fourth-order valence-corrected chi connectivity index (χ4v) is 4.19. The standard InChI is InChI=1S/C10H14N2O4S3/c1-3-12(6-8(13)16-2)19(14,15)9-5-4-7(18-9)10(11)17/h4-5H,3,6H2,1-2H3,(H2,11,17). The van der Waals surface area contributed by atoms with Crippen LogP contribution in [0.5, 0.6) is 0 Å². The van der Waals surface area contributed by atoms with Crippen molar-refractivity contribution in [2.45, 2.75) is 11.1 Å². The lowest BCUT2D eigenvalue weighted by Crippen LogP contribution is -2.35. The van der Waals surface area contributed by atoms with Crippen LogP contribution < -0.4 is 5.73 Å². The molecule has 9 heteroatoms. The van der Waals surface area contributed by atoms with Crippen LogP contribution in [0.15, 0.2) is 16.3 Å². The third-order valence-electron chi connectivity index (χ3n) is 2.30. The van der Waals surface area contributed by atoms with Gasteiger partial charge in [-0.1, -0.05) is 19.1 Å². The van der Waals surface area contributed by atoms with Crippen LogP contribution in [-0.2, 0) is 19.6 Å². The second kappa shape index (κ2) is 6.42. The summed E-state index contributed by atoms with van der Waals surface area (Å²) >= 11 is 5.77. The Hall–Kier alpha value is -1.03. The molecule has 0 aromatic carbocycles. The number of carbonyl (C=O) groups excluding carboxylic acids is 1. The van der Waals surface area contributed by atoms with Crippen molar-refractivity contribution in [1.82, 2.24) is 4.31 Å². The molecule has 0 aliphatic heterocycles. The third kappa shape index (κ3) is 3.72. The lowest BCUT2D eigenvalue weighted by Gasteiger charge is -2.17. The van der Waals surface area contributed by atoms with Gasteiger partial charge in [0.15, 0.2) is 0 Å².